The first-order valence-corrected chi connectivity index (χ1v) is 22.9. The number of hydrogen-bond acceptors (Lipinski definition) is 7. The summed E-state index contributed by atoms with van der Waals surface area (Å²) in [4.78, 5) is 0. The number of epoxide rings is 2. The van der Waals surface area contributed by atoms with Crippen LogP contribution in [0.1, 0.15) is 106 Å². The molecule has 4 rings (SSSR count). The van der Waals surface area contributed by atoms with E-state index in [2.05, 4.69) is 14.2 Å². The smallest absolute Gasteiger partial charge is 0.388 e. The Morgan fingerprint density at radius 3 is 1.00 bits per heavy atom. The SMILES string of the molecule is CC1(C(OCC(O)COC(C)(C)C(C2CCCC(C)(C(OCC3CO3)(C(F)(F)F)C(F)(F)F)CC2)(C(F)(F)F)C(F)(F)F)(C(F)(F)F)C(F)(F)F)CCCC(C(C(F)(F)F)(C(F)(F)F)C(C)(C)OCC2CO2)CC1. The van der Waals surface area contributed by atoms with Gasteiger partial charge in [-0.15, -0.1) is 0 Å². The van der Waals surface area contributed by atoms with Crippen molar-refractivity contribution in [2.75, 3.05) is 39.6 Å². The molecule has 4 fully saturated rings. The van der Waals surface area contributed by atoms with E-state index in [4.69, 9.17) is 14.2 Å². The molecule has 4 aliphatic rings. The summed E-state index contributed by atoms with van der Waals surface area (Å²) in [6.07, 6.45) is -72.3. The molecule has 0 aromatic rings. The summed E-state index contributed by atoms with van der Waals surface area (Å²) in [5, 5.41) is 10.7. The maximum atomic E-state index is 15.4. The Labute approximate surface area is 407 Å². The lowest BCUT2D eigenvalue weighted by molar-refractivity contribution is -0.422. The van der Waals surface area contributed by atoms with Gasteiger partial charge in [-0.2, -0.15) is 105 Å². The number of aliphatic hydroxyl groups is 1. The second-order valence-electron chi connectivity index (χ2n) is 21.2. The molecule has 0 spiro atoms. The highest BCUT2D eigenvalue weighted by Gasteiger charge is 2.85. The largest absolute Gasteiger partial charge is 0.427 e. The Hall–Kier alpha value is -1.96. The number of ether oxygens (including phenoxy) is 6. The Morgan fingerprint density at radius 1 is 0.419 bits per heavy atom. The summed E-state index contributed by atoms with van der Waals surface area (Å²) in [5.41, 5.74) is -35.3. The van der Waals surface area contributed by atoms with Crippen molar-refractivity contribution in [1.82, 2.24) is 0 Å². The molecule has 0 aromatic carbocycles. The summed E-state index contributed by atoms with van der Waals surface area (Å²) >= 11 is 0. The van der Waals surface area contributed by atoms with Gasteiger partial charge in [-0.25, -0.2) is 0 Å². The van der Waals surface area contributed by atoms with Gasteiger partial charge >= 0.3 is 49.4 Å². The van der Waals surface area contributed by atoms with E-state index >= 15 is 79.0 Å². The van der Waals surface area contributed by atoms with Gasteiger partial charge in [0.15, 0.2) is 10.8 Å². The summed E-state index contributed by atoms with van der Waals surface area (Å²) in [7, 11) is 0. The molecule has 0 aromatic heterocycles. The van der Waals surface area contributed by atoms with Crippen molar-refractivity contribution in [2.45, 2.75) is 196 Å². The van der Waals surface area contributed by atoms with Crippen molar-refractivity contribution in [1.29, 1.82) is 0 Å². The minimum atomic E-state index is -6.75. The summed E-state index contributed by atoms with van der Waals surface area (Å²) < 4.78 is 390. The van der Waals surface area contributed by atoms with Gasteiger partial charge in [-0.05, 0) is 90.9 Å². The zero-order valence-corrected chi connectivity index (χ0v) is 40.2. The first-order chi connectivity index (χ1) is 32.9. The topological polar surface area (TPSA) is 82.2 Å². The molecule has 2 saturated heterocycles. The van der Waals surface area contributed by atoms with E-state index in [9.17, 15) is 31.4 Å². The molecule has 2 aliphatic heterocycles. The lowest BCUT2D eigenvalue weighted by Gasteiger charge is -2.53. The zero-order valence-electron chi connectivity index (χ0n) is 40.2. The van der Waals surface area contributed by atoms with Gasteiger partial charge in [0.2, 0.25) is 0 Å². The van der Waals surface area contributed by atoms with E-state index in [0.29, 0.717) is 20.8 Å². The highest BCUT2D eigenvalue weighted by atomic mass is 19.4. The van der Waals surface area contributed by atoms with Crippen LogP contribution in [-0.4, -0.2) is 135 Å². The lowest BCUT2D eigenvalue weighted by atomic mass is 9.60. The standard InChI is InChI=1S/C43H56F24O7/c1-28(2,32(36(44,45)46,37(47,48)49)23-9-8-14-31(6,16-12-23)35(42(62,63)64,43(65,66)67)74-22-27-20-70-27)71-17-25(68)18-73-34(40(56,57)58,41(59,60)61)30(5)13-7-10-24(11-15-30)33(38(50,51)52,39(53,54)55)29(3,4)72-21-26-19-69-26/h23-27,68H,7-22H2,1-6H3. The summed E-state index contributed by atoms with van der Waals surface area (Å²) in [6, 6.07) is 0. The van der Waals surface area contributed by atoms with Gasteiger partial charge in [0.1, 0.15) is 18.3 Å². The fourth-order valence-electron chi connectivity index (χ4n) is 12.2. The molecule has 7 unspecified atom stereocenters. The van der Waals surface area contributed by atoms with Crippen LogP contribution in [0.3, 0.4) is 0 Å². The molecule has 2 saturated carbocycles. The molecule has 7 atom stereocenters. The Bertz CT molecular complexity index is 1820. The van der Waals surface area contributed by atoms with Crippen LogP contribution in [0.15, 0.2) is 0 Å². The van der Waals surface area contributed by atoms with Crippen molar-refractivity contribution < 1.29 is 139 Å². The van der Waals surface area contributed by atoms with Crippen LogP contribution in [0.2, 0.25) is 0 Å². The zero-order chi connectivity index (χ0) is 57.4. The van der Waals surface area contributed by atoms with E-state index in [1.807, 2.05) is 0 Å². The quantitative estimate of drug-likeness (QED) is 0.0832. The number of alkyl halides is 24. The predicted octanol–water partition coefficient (Wildman–Crippen LogP) is 13.9. The van der Waals surface area contributed by atoms with Gasteiger partial charge in [-0.3, -0.25) is 0 Å². The molecule has 0 bridgehead atoms. The maximum Gasteiger partial charge on any atom is 0.427 e. The summed E-state index contributed by atoms with van der Waals surface area (Å²) in [6.45, 7) is -5.77. The van der Waals surface area contributed by atoms with E-state index in [0.717, 1.165) is 0 Å². The second kappa shape index (κ2) is 20.3. The second-order valence-corrected chi connectivity index (χ2v) is 21.2. The Morgan fingerprint density at radius 2 is 0.703 bits per heavy atom. The fraction of sp³-hybridized carbons (Fsp3) is 1.00. The fourth-order valence-corrected chi connectivity index (χ4v) is 12.2. The van der Waals surface area contributed by atoms with Gasteiger partial charge < -0.3 is 33.5 Å². The minimum Gasteiger partial charge on any atom is -0.388 e. The average molecular weight is 1140 g/mol. The molecule has 1 N–H and O–H groups in total. The molecule has 74 heavy (non-hydrogen) atoms. The Balaban J connectivity index is 1.70. The van der Waals surface area contributed by atoms with Crippen molar-refractivity contribution in [3.05, 3.63) is 0 Å². The van der Waals surface area contributed by atoms with Crippen LogP contribution < -0.4 is 0 Å². The molecule has 7 nitrogen and oxygen atoms in total. The molecular weight excluding hydrogens is 1080 g/mol. The Kier molecular flexibility index (Phi) is 17.7. The van der Waals surface area contributed by atoms with Crippen molar-refractivity contribution >= 4 is 0 Å². The number of hydrogen-bond donors (Lipinski definition) is 1. The number of halogens is 24. The lowest BCUT2D eigenvalue weighted by Crippen LogP contribution is -2.69. The monoisotopic (exact) mass is 1140 g/mol. The molecule has 2 aliphatic carbocycles. The number of aliphatic hydroxyl groups excluding tert-OH is 1. The molecule has 438 valence electrons. The van der Waals surface area contributed by atoms with Crippen molar-refractivity contribution in [3.8, 4) is 0 Å². The molecule has 0 amide bonds. The molecule has 2 heterocycles. The summed E-state index contributed by atoms with van der Waals surface area (Å²) in [5.74, 6) is -5.88. The molecule has 31 heteroatoms. The van der Waals surface area contributed by atoms with Crippen molar-refractivity contribution in [3.63, 3.8) is 0 Å². The van der Waals surface area contributed by atoms with Crippen LogP contribution in [0, 0.1) is 33.5 Å². The average Bonchev–Trinajstić information content (AvgIpc) is 4.07. The molecular formula is C43H56F24O7. The van der Waals surface area contributed by atoms with E-state index < -0.39 is 214 Å². The highest BCUT2D eigenvalue weighted by Crippen LogP contribution is 2.70. The minimum absolute atomic E-state index is 0.0345. The van der Waals surface area contributed by atoms with Gasteiger partial charge in [-0.1, -0.05) is 26.7 Å². The molecule has 0 radical (unpaired) electrons. The van der Waals surface area contributed by atoms with E-state index in [-0.39, 0.29) is 34.0 Å². The van der Waals surface area contributed by atoms with Gasteiger partial charge in [0.05, 0.1) is 50.8 Å². The first-order valence-electron chi connectivity index (χ1n) is 22.9. The normalized spacial score (nSPS) is 27.9. The third-order valence-corrected chi connectivity index (χ3v) is 15.9. The van der Waals surface area contributed by atoms with Crippen molar-refractivity contribution in [2.24, 2.45) is 33.5 Å². The predicted molar refractivity (Wildman–Crippen MR) is 206 cm³/mol. The van der Waals surface area contributed by atoms with Crippen LogP contribution >= 0.6 is 0 Å². The van der Waals surface area contributed by atoms with E-state index in [1.54, 1.807) is 0 Å². The van der Waals surface area contributed by atoms with Crippen LogP contribution in [0.4, 0.5) is 105 Å². The maximum absolute atomic E-state index is 15.4. The highest BCUT2D eigenvalue weighted by molar-refractivity contribution is 5.15. The van der Waals surface area contributed by atoms with Gasteiger partial charge in [0, 0.05) is 10.8 Å². The van der Waals surface area contributed by atoms with Crippen LogP contribution in [0.25, 0.3) is 0 Å². The first kappa shape index (κ1) is 64.6. The van der Waals surface area contributed by atoms with Crippen LogP contribution in [0.5, 0.6) is 0 Å². The van der Waals surface area contributed by atoms with E-state index in [1.165, 1.54) is 0 Å². The number of rotatable bonds is 18. The van der Waals surface area contributed by atoms with Gasteiger partial charge in [0.25, 0.3) is 11.2 Å². The van der Waals surface area contributed by atoms with Crippen LogP contribution in [-0.2, 0) is 28.4 Å². The third-order valence-electron chi connectivity index (χ3n) is 15.9. The third kappa shape index (κ3) is 11.0.